The number of hydrogen-bond acceptors (Lipinski definition) is 1. The van der Waals surface area contributed by atoms with Gasteiger partial charge in [-0.05, 0) is 53.4 Å². The first-order valence-corrected chi connectivity index (χ1v) is 6.76. The van der Waals surface area contributed by atoms with Gasteiger partial charge in [-0.3, -0.25) is 0 Å². The summed E-state index contributed by atoms with van der Waals surface area (Å²) in [4.78, 5) is 11.6. The smallest absolute Gasteiger partial charge is 0.319 e. The third-order valence-corrected chi connectivity index (χ3v) is 3.80. The van der Waals surface area contributed by atoms with Crippen LogP contribution in [0, 0.1) is 0 Å². The van der Waals surface area contributed by atoms with E-state index in [0.29, 0.717) is 6.04 Å². The highest BCUT2D eigenvalue weighted by Crippen LogP contribution is 2.26. The molecule has 1 saturated carbocycles. The minimum Gasteiger partial charge on any atom is -0.335 e. The number of amides is 2. The predicted octanol–water partition coefficient (Wildman–Crippen LogP) is 3.89. The number of carbonyl (C=O) groups is 1. The summed E-state index contributed by atoms with van der Waals surface area (Å²) in [5, 5.41) is 5.75. The fraction of sp³-hybridized carbons (Fsp3) is 0.364. The molecule has 1 aromatic carbocycles. The van der Waals surface area contributed by atoms with Crippen molar-refractivity contribution in [3.8, 4) is 0 Å². The predicted molar refractivity (Wildman–Crippen MR) is 71.6 cm³/mol. The van der Waals surface area contributed by atoms with Gasteiger partial charge in [-0.25, -0.2) is 4.79 Å². The van der Waals surface area contributed by atoms with Gasteiger partial charge in [0.1, 0.15) is 0 Å². The normalized spacial score (nSPS) is 15.4. The summed E-state index contributed by atoms with van der Waals surface area (Å²) in [6.07, 6.45) is 3.39. The van der Waals surface area contributed by atoms with E-state index in [1.54, 1.807) is 0 Å². The number of anilines is 1. The van der Waals surface area contributed by atoms with Gasteiger partial charge in [-0.15, -0.1) is 0 Å². The molecule has 0 aromatic heterocycles. The molecule has 0 spiro atoms. The molecule has 0 heterocycles. The van der Waals surface area contributed by atoms with E-state index in [1.807, 2.05) is 18.2 Å². The first-order valence-electron chi connectivity index (χ1n) is 5.18. The number of benzene rings is 1. The lowest BCUT2D eigenvalue weighted by Gasteiger charge is -2.26. The van der Waals surface area contributed by atoms with Crippen LogP contribution in [0.4, 0.5) is 10.5 Å². The van der Waals surface area contributed by atoms with Crippen molar-refractivity contribution in [1.82, 2.24) is 5.32 Å². The molecule has 0 atom stereocenters. The first-order chi connectivity index (χ1) is 7.65. The zero-order valence-electron chi connectivity index (χ0n) is 8.59. The molecule has 1 fully saturated rings. The lowest BCUT2D eigenvalue weighted by atomic mass is 9.93. The summed E-state index contributed by atoms with van der Waals surface area (Å²) in [7, 11) is 0. The van der Waals surface area contributed by atoms with E-state index < -0.39 is 0 Å². The van der Waals surface area contributed by atoms with E-state index in [1.165, 1.54) is 6.42 Å². The maximum Gasteiger partial charge on any atom is 0.319 e. The largest absolute Gasteiger partial charge is 0.335 e. The minimum absolute atomic E-state index is 0.136. The highest BCUT2D eigenvalue weighted by atomic mass is 79.9. The zero-order valence-corrected chi connectivity index (χ0v) is 11.8. The van der Waals surface area contributed by atoms with Crippen LogP contribution in [-0.4, -0.2) is 12.1 Å². The second-order valence-corrected chi connectivity index (χ2v) is 5.62. The van der Waals surface area contributed by atoms with Gasteiger partial charge in [-0.1, -0.05) is 15.9 Å². The van der Waals surface area contributed by atoms with Crippen molar-refractivity contribution < 1.29 is 4.79 Å². The Labute approximate surface area is 111 Å². The molecule has 3 nitrogen and oxygen atoms in total. The van der Waals surface area contributed by atoms with Gasteiger partial charge in [0, 0.05) is 15.0 Å². The molecule has 0 saturated heterocycles. The molecule has 5 heteroatoms. The van der Waals surface area contributed by atoms with E-state index in [-0.39, 0.29) is 6.03 Å². The van der Waals surface area contributed by atoms with Gasteiger partial charge in [0.25, 0.3) is 0 Å². The molecule has 2 amide bonds. The van der Waals surface area contributed by atoms with Crippen LogP contribution in [0.2, 0.25) is 0 Å². The average molecular weight is 348 g/mol. The second-order valence-electron chi connectivity index (χ2n) is 3.85. The van der Waals surface area contributed by atoms with Crippen molar-refractivity contribution in [2.45, 2.75) is 25.3 Å². The monoisotopic (exact) mass is 346 g/mol. The molecular formula is C11H12Br2N2O. The highest BCUT2D eigenvalue weighted by Gasteiger charge is 2.19. The molecule has 0 unspecified atom stereocenters. The zero-order chi connectivity index (χ0) is 11.5. The Hall–Kier alpha value is -0.550. The van der Waals surface area contributed by atoms with Crippen LogP contribution in [-0.2, 0) is 0 Å². The lowest BCUT2D eigenvalue weighted by Crippen LogP contribution is -2.41. The van der Waals surface area contributed by atoms with Gasteiger partial charge in [0.05, 0.1) is 5.69 Å². The highest BCUT2D eigenvalue weighted by molar-refractivity contribution is 9.11. The van der Waals surface area contributed by atoms with Crippen LogP contribution in [0.5, 0.6) is 0 Å². The van der Waals surface area contributed by atoms with Gasteiger partial charge < -0.3 is 10.6 Å². The number of carbonyl (C=O) groups excluding carboxylic acids is 1. The number of hydrogen-bond donors (Lipinski definition) is 2. The summed E-state index contributed by atoms with van der Waals surface area (Å²) in [6, 6.07) is 5.89. The Balaban J connectivity index is 1.96. The van der Waals surface area contributed by atoms with Gasteiger partial charge in [-0.2, -0.15) is 0 Å². The topological polar surface area (TPSA) is 41.1 Å². The molecule has 2 rings (SSSR count). The third kappa shape index (κ3) is 2.98. The van der Waals surface area contributed by atoms with Crippen LogP contribution in [0.15, 0.2) is 27.1 Å². The molecule has 1 aromatic rings. The molecule has 86 valence electrons. The molecule has 0 bridgehead atoms. The van der Waals surface area contributed by atoms with Gasteiger partial charge in [0.15, 0.2) is 0 Å². The summed E-state index contributed by atoms with van der Waals surface area (Å²) in [5.41, 5.74) is 0.770. The maximum absolute atomic E-state index is 11.6. The summed E-state index contributed by atoms with van der Waals surface area (Å²) in [6.45, 7) is 0. The molecule has 16 heavy (non-hydrogen) atoms. The van der Waals surface area contributed by atoms with Crippen molar-refractivity contribution in [2.75, 3.05) is 5.32 Å². The SMILES string of the molecule is O=C(Nc1cc(Br)ccc1Br)NC1CCC1. The molecule has 2 N–H and O–H groups in total. The van der Waals surface area contributed by atoms with Crippen LogP contribution in [0.1, 0.15) is 19.3 Å². The van der Waals surface area contributed by atoms with Gasteiger partial charge in [0.2, 0.25) is 0 Å². The van der Waals surface area contributed by atoms with Crippen molar-refractivity contribution in [3.63, 3.8) is 0 Å². The molecule has 0 radical (unpaired) electrons. The lowest BCUT2D eigenvalue weighted by molar-refractivity contribution is 0.240. The van der Waals surface area contributed by atoms with Crippen molar-refractivity contribution >= 4 is 43.6 Å². The van der Waals surface area contributed by atoms with Gasteiger partial charge >= 0.3 is 6.03 Å². The maximum atomic E-state index is 11.6. The fourth-order valence-electron chi connectivity index (χ4n) is 1.49. The van der Waals surface area contributed by atoms with E-state index in [2.05, 4.69) is 42.5 Å². The third-order valence-electron chi connectivity index (χ3n) is 2.62. The van der Waals surface area contributed by atoms with Crippen LogP contribution in [0.25, 0.3) is 0 Å². The Kier molecular flexibility index (Phi) is 3.86. The second kappa shape index (κ2) is 5.19. The van der Waals surface area contributed by atoms with Crippen molar-refractivity contribution in [2.24, 2.45) is 0 Å². The first kappa shape index (κ1) is 11.9. The van der Waals surface area contributed by atoms with Crippen molar-refractivity contribution in [3.05, 3.63) is 27.1 Å². The van der Waals surface area contributed by atoms with E-state index in [4.69, 9.17) is 0 Å². The Bertz CT molecular complexity index is 405. The van der Waals surface area contributed by atoms with E-state index >= 15 is 0 Å². The molecule has 1 aliphatic rings. The average Bonchev–Trinajstić information content (AvgIpc) is 2.18. The van der Waals surface area contributed by atoms with Crippen LogP contribution < -0.4 is 10.6 Å². The molecule has 1 aliphatic carbocycles. The number of urea groups is 1. The number of halogens is 2. The minimum atomic E-state index is -0.136. The summed E-state index contributed by atoms with van der Waals surface area (Å²) < 4.78 is 1.81. The van der Waals surface area contributed by atoms with E-state index in [0.717, 1.165) is 27.5 Å². The Morgan fingerprint density at radius 2 is 2.06 bits per heavy atom. The van der Waals surface area contributed by atoms with Crippen LogP contribution >= 0.6 is 31.9 Å². The summed E-state index contributed by atoms with van der Waals surface area (Å²) in [5.74, 6) is 0. The standard InChI is InChI=1S/C11H12Br2N2O/c12-7-4-5-9(13)10(6-7)15-11(16)14-8-2-1-3-8/h4-6,8H,1-3H2,(H2,14,15,16). The number of nitrogens with one attached hydrogen (secondary N) is 2. The molecule has 0 aliphatic heterocycles. The quantitative estimate of drug-likeness (QED) is 0.837. The van der Waals surface area contributed by atoms with Crippen LogP contribution in [0.3, 0.4) is 0 Å². The number of rotatable bonds is 2. The Morgan fingerprint density at radius 3 is 2.69 bits per heavy atom. The molecular weight excluding hydrogens is 336 g/mol. The van der Waals surface area contributed by atoms with Crippen molar-refractivity contribution in [1.29, 1.82) is 0 Å². The van der Waals surface area contributed by atoms with E-state index in [9.17, 15) is 4.79 Å². The fourth-order valence-corrected chi connectivity index (χ4v) is 2.20. The summed E-state index contributed by atoms with van der Waals surface area (Å²) >= 11 is 6.76. The Morgan fingerprint density at radius 1 is 1.31 bits per heavy atom.